The molecule has 0 spiro atoms. The topological polar surface area (TPSA) is 42.4 Å². The second kappa shape index (κ2) is 4.38. The fraction of sp³-hybridized carbons (Fsp3) is 0.667. The van der Waals surface area contributed by atoms with Crippen LogP contribution in [-0.2, 0) is 11.2 Å². The van der Waals surface area contributed by atoms with E-state index in [1.165, 1.54) is 4.88 Å². The third kappa shape index (κ3) is 1.98. The van der Waals surface area contributed by atoms with Crippen molar-refractivity contribution in [1.82, 2.24) is 4.98 Å². The summed E-state index contributed by atoms with van der Waals surface area (Å²) in [5.74, 6) is 0.217. The highest BCUT2D eigenvalue weighted by atomic mass is 32.1. The Morgan fingerprint density at radius 1 is 1.47 bits per heavy atom. The number of rotatable bonds is 1. The van der Waals surface area contributed by atoms with Crippen molar-refractivity contribution in [2.75, 3.05) is 24.7 Å². The van der Waals surface area contributed by atoms with Crippen LogP contribution in [0.5, 0.6) is 0 Å². The molecule has 3 rings (SSSR count). The Labute approximate surface area is 105 Å². The summed E-state index contributed by atoms with van der Waals surface area (Å²) in [5, 5.41) is 1.00. The number of ketones is 1. The highest BCUT2D eigenvalue weighted by molar-refractivity contribution is 7.16. The first-order chi connectivity index (χ1) is 8.25. The van der Waals surface area contributed by atoms with Crippen LogP contribution in [-0.4, -0.2) is 36.6 Å². The third-order valence-electron chi connectivity index (χ3n) is 3.37. The standard InChI is InChI=1S/C12H16N2O2S/c1-8-7-16-6-5-14(8)12-13-11-9(15)3-2-4-10(11)17-12/h8H,2-7H2,1H3. The summed E-state index contributed by atoms with van der Waals surface area (Å²) in [5.41, 5.74) is 0.731. The van der Waals surface area contributed by atoms with E-state index in [1.807, 2.05) is 0 Å². The Morgan fingerprint density at radius 2 is 2.35 bits per heavy atom. The summed E-state index contributed by atoms with van der Waals surface area (Å²) < 4.78 is 5.42. The minimum atomic E-state index is 0.217. The van der Waals surface area contributed by atoms with Crippen LogP contribution in [0.15, 0.2) is 0 Å². The number of thiazole rings is 1. The van der Waals surface area contributed by atoms with Crippen molar-refractivity contribution in [3.63, 3.8) is 0 Å². The number of morpholine rings is 1. The first-order valence-corrected chi connectivity index (χ1v) is 6.94. The maximum absolute atomic E-state index is 11.8. The maximum atomic E-state index is 11.8. The van der Waals surface area contributed by atoms with Crippen molar-refractivity contribution in [3.05, 3.63) is 10.6 Å². The molecule has 0 N–H and O–H groups in total. The molecule has 1 atom stereocenters. The zero-order valence-corrected chi connectivity index (χ0v) is 10.8. The highest BCUT2D eigenvalue weighted by Gasteiger charge is 2.27. The van der Waals surface area contributed by atoms with Gasteiger partial charge in [0.05, 0.1) is 19.3 Å². The molecule has 1 aromatic rings. The van der Waals surface area contributed by atoms with E-state index < -0.39 is 0 Å². The van der Waals surface area contributed by atoms with E-state index >= 15 is 0 Å². The minimum absolute atomic E-state index is 0.217. The van der Waals surface area contributed by atoms with Gasteiger partial charge in [0.1, 0.15) is 5.69 Å². The predicted octanol–water partition coefficient (Wildman–Crippen LogP) is 1.89. The lowest BCUT2D eigenvalue weighted by Gasteiger charge is -2.32. The van der Waals surface area contributed by atoms with Crippen LogP contribution in [0.4, 0.5) is 5.13 Å². The SMILES string of the molecule is CC1COCCN1c1nc2c(s1)CCCC2=O. The largest absolute Gasteiger partial charge is 0.377 e. The van der Waals surface area contributed by atoms with E-state index in [0.717, 1.165) is 43.4 Å². The van der Waals surface area contributed by atoms with Gasteiger partial charge >= 0.3 is 0 Å². The average Bonchev–Trinajstić information content (AvgIpc) is 2.75. The van der Waals surface area contributed by atoms with Gasteiger partial charge in [-0.25, -0.2) is 4.98 Å². The fourth-order valence-corrected chi connectivity index (χ4v) is 3.64. The van der Waals surface area contributed by atoms with Crippen molar-refractivity contribution < 1.29 is 9.53 Å². The smallest absolute Gasteiger partial charge is 0.186 e. The highest BCUT2D eigenvalue weighted by Crippen LogP contribution is 2.33. The molecule has 2 aliphatic rings. The van der Waals surface area contributed by atoms with Crippen molar-refractivity contribution in [2.45, 2.75) is 32.2 Å². The number of hydrogen-bond donors (Lipinski definition) is 0. The van der Waals surface area contributed by atoms with Gasteiger partial charge in [-0.15, -0.1) is 11.3 Å². The van der Waals surface area contributed by atoms with Gasteiger partial charge in [-0.1, -0.05) is 0 Å². The Balaban J connectivity index is 1.90. The molecular weight excluding hydrogens is 236 g/mol. The Hall–Kier alpha value is -0.940. The quantitative estimate of drug-likeness (QED) is 0.765. The molecule has 1 aliphatic carbocycles. The van der Waals surface area contributed by atoms with E-state index in [1.54, 1.807) is 11.3 Å². The number of aryl methyl sites for hydroxylation is 1. The van der Waals surface area contributed by atoms with Gasteiger partial charge in [0.2, 0.25) is 0 Å². The first kappa shape index (κ1) is 11.2. The second-order valence-electron chi connectivity index (χ2n) is 4.66. The van der Waals surface area contributed by atoms with E-state index in [-0.39, 0.29) is 5.78 Å². The van der Waals surface area contributed by atoms with Crippen molar-refractivity contribution in [3.8, 4) is 0 Å². The predicted molar refractivity (Wildman–Crippen MR) is 67.0 cm³/mol. The lowest BCUT2D eigenvalue weighted by atomic mass is 10.0. The summed E-state index contributed by atoms with van der Waals surface area (Å²) in [6.07, 6.45) is 2.65. The van der Waals surface area contributed by atoms with Gasteiger partial charge in [-0.05, 0) is 19.8 Å². The van der Waals surface area contributed by atoms with Crippen molar-refractivity contribution in [2.24, 2.45) is 0 Å². The molecule has 0 aromatic carbocycles. The number of nitrogens with zero attached hydrogens (tertiary/aromatic N) is 2. The van der Waals surface area contributed by atoms with E-state index in [9.17, 15) is 4.79 Å². The number of Topliss-reactive ketones (excluding diaryl/α,β-unsaturated/α-hetero) is 1. The molecule has 92 valence electrons. The average molecular weight is 252 g/mol. The van der Waals surface area contributed by atoms with E-state index in [2.05, 4.69) is 16.8 Å². The normalized spacial score (nSPS) is 24.9. The zero-order chi connectivity index (χ0) is 11.8. The van der Waals surface area contributed by atoms with Gasteiger partial charge < -0.3 is 9.64 Å². The molecule has 1 aromatic heterocycles. The molecule has 1 saturated heterocycles. The summed E-state index contributed by atoms with van der Waals surface area (Å²) in [4.78, 5) is 19.7. The molecule has 17 heavy (non-hydrogen) atoms. The number of carbonyl (C=O) groups excluding carboxylic acids is 1. The molecule has 0 radical (unpaired) electrons. The molecule has 4 nitrogen and oxygen atoms in total. The Morgan fingerprint density at radius 3 is 3.12 bits per heavy atom. The Bertz CT molecular complexity index is 444. The molecule has 5 heteroatoms. The lowest BCUT2D eigenvalue weighted by Crippen LogP contribution is -2.43. The monoisotopic (exact) mass is 252 g/mol. The van der Waals surface area contributed by atoms with Gasteiger partial charge in [0, 0.05) is 17.8 Å². The van der Waals surface area contributed by atoms with Crippen LogP contribution >= 0.6 is 11.3 Å². The fourth-order valence-electron chi connectivity index (χ4n) is 2.39. The minimum Gasteiger partial charge on any atom is -0.377 e. The molecular formula is C12H16N2O2S. The number of ether oxygens (including phenoxy) is 1. The number of carbonyl (C=O) groups is 1. The Kier molecular flexibility index (Phi) is 2.88. The summed E-state index contributed by atoms with van der Waals surface area (Å²) in [6, 6.07) is 0.353. The summed E-state index contributed by atoms with van der Waals surface area (Å²) in [7, 11) is 0. The summed E-state index contributed by atoms with van der Waals surface area (Å²) >= 11 is 1.69. The third-order valence-corrected chi connectivity index (χ3v) is 4.52. The van der Waals surface area contributed by atoms with Gasteiger partial charge in [0.25, 0.3) is 0 Å². The zero-order valence-electron chi connectivity index (χ0n) is 9.94. The van der Waals surface area contributed by atoms with E-state index in [0.29, 0.717) is 12.5 Å². The maximum Gasteiger partial charge on any atom is 0.186 e. The van der Waals surface area contributed by atoms with Gasteiger partial charge in [-0.3, -0.25) is 4.79 Å². The second-order valence-corrected chi connectivity index (χ2v) is 5.72. The molecule has 0 saturated carbocycles. The number of anilines is 1. The van der Waals surface area contributed by atoms with Gasteiger partial charge in [-0.2, -0.15) is 0 Å². The van der Waals surface area contributed by atoms with Crippen LogP contribution < -0.4 is 4.90 Å². The number of aromatic nitrogens is 1. The van der Waals surface area contributed by atoms with Crippen LogP contribution in [0.1, 0.15) is 35.1 Å². The molecule has 0 amide bonds. The van der Waals surface area contributed by atoms with Crippen LogP contribution in [0, 0.1) is 0 Å². The molecule has 2 heterocycles. The van der Waals surface area contributed by atoms with Gasteiger partial charge in [0.15, 0.2) is 10.9 Å². The molecule has 1 aliphatic heterocycles. The number of hydrogen-bond acceptors (Lipinski definition) is 5. The van der Waals surface area contributed by atoms with Crippen molar-refractivity contribution in [1.29, 1.82) is 0 Å². The van der Waals surface area contributed by atoms with Crippen LogP contribution in [0.25, 0.3) is 0 Å². The van der Waals surface area contributed by atoms with E-state index in [4.69, 9.17) is 4.74 Å². The van der Waals surface area contributed by atoms with Crippen LogP contribution in [0.3, 0.4) is 0 Å². The number of fused-ring (bicyclic) bond motifs is 1. The van der Waals surface area contributed by atoms with Crippen molar-refractivity contribution >= 4 is 22.3 Å². The molecule has 0 bridgehead atoms. The van der Waals surface area contributed by atoms with Crippen LogP contribution in [0.2, 0.25) is 0 Å². The summed E-state index contributed by atoms with van der Waals surface area (Å²) in [6.45, 7) is 4.52. The molecule has 1 fully saturated rings. The first-order valence-electron chi connectivity index (χ1n) is 6.13. The molecule has 1 unspecified atom stereocenters. The lowest BCUT2D eigenvalue weighted by molar-refractivity contribution is 0.0966.